The summed E-state index contributed by atoms with van der Waals surface area (Å²) in [5.74, 6) is -2.66. The molecule has 0 atom stereocenters. The van der Waals surface area contributed by atoms with Crippen LogP contribution in [-0.2, 0) is 22.4 Å². The molecule has 6 heteroatoms. The van der Waals surface area contributed by atoms with Crippen molar-refractivity contribution in [3.63, 3.8) is 0 Å². The van der Waals surface area contributed by atoms with Gasteiger partial charge in [-0.2, -0.15) is 21.9 Å². The van der Waals surface area contributed by atoms with E-state index in [0.29, 0.717) is 0 Å². The summed E-state index contributed by atoms with van der Waals surface area (Å²) >= 11 is 0. The third-order valence-corrected chi connectivity index (χ3v) is 5.49. The van der Waals surface area contributed by atoms with Crippen LogP contribution in [0.5, 0.6) is 0 Å². The molecule has 0 nitrogen and oxygen atoms in total. The molecule has 0 N–H and O–H groups in total. The van der Waals surface area contributed by atoms with Crippen LogP contribution in [0.3, 0.4) is 0 Å². The quantitative estimate of drug-likeness (QED) is 0.298. The summed E-state index contributed by atoms with van der Waals surface area (Å²) in [6, 6.07) is 23.0. The van der Waals surface area contributed by atoms with Crippen LogP contribution in [0.4, 0.5) is 17.6 Å². The first-order valence-corrected chi connectivity index (χ1v) is 9.22. The van der Waals surface area contributed by atoms with Gasteiger partial charge in [-0.1, -0.05) is 72.8 Å². The standard InChI is InChI=1S/C24H16BF4.Ag/c26-21-13-5-1-9-17(21)25(18-10-2-6-14-22(18)27,19-11-3-7-15-23(19)28)20-12-4-8-16-24(20)29;/h1-16H;/q-1;+1. The second-order valence-electron chi connectivity index (χ2n) is 6.95. The third kappa shape index (κ3) is 3.54. The molecule has 0 saturated heterocycles. The van der Waals surface area contributed by atoms with Gasteiger partial charge in [-0.25, -0.2) is 17.6 Å². The topological polar surface area (TPSA) is 0 Å². The Morgan fingerprint density at radius 3 is 0.767 bits per heavy atom. The minimum absolute atomic E-state index is 0. The maximum atomic E-state index is 15.2. The molecule has 4 rings (SSSR count). The van der Waals surface area contributed by atoms with Gasteiger partial charge < -0.3 is 0 Å². The molecule has 0 radical (unpaired) electrons. The Morgan fingerprint density at radius 2 is 0.567 bits per heavy atom. The van der Waals surface area contributed by atoms with Gasteiger partial charge in [0.05, 0.1) is 23.3 Å². The maximum absolute atomic E-state index is 15.2. The largest absolute Gasteiger partial charge is 1.00 e. The van der Waals surface area contributed by atoms with E-state index in [1.54, 1.807) is 24.3 Å². The molecule has 0 spiro atoms. The van der Waals surface area contributed by atoms with Gasteiger partial charge in [0.15, 0.2) is 0 Å². The molecule has 0 unspecified atom stereocenters. The van der Waals surface area contributed by atoms with Crippen LogP contribution in [0.25, 0.3) is 0 Å². The summed E-state index contributed by atoms with van der Waals surface area (Å²) in [6.07, 6.45) is -2.82. The Hall–Kier alpha value is -2.59. The van der Waals surface area contributed by atoms with Crippen molar-refractivity contribution in [3.05, 3.63) is 120 Å². The molecule has 0 heterocycles. The second kappa shape index (κ2) is 9.05. The minimum atomic E-state index is -2.82. The van der Waals surface area contributed by atoms with Gasteiger partial charge >= 0.3 is 22.4 Å². The zero-order valence-corrected chi connectivity index (χ0v) is 17.1. The van der Waals surface area contributed by atoms with E-state index in [1.807, 2.05) is 0 Å². The van der Waals surface area contributed by atoms with Crippen molar-refractivity contribution in [1.82, 2.24) is 0 Å². The average molecular weight is 499 g/mol. The van der Waals surface area contributed by atoms with Crippen LogP contribution >= 0.6 is 0 Å². The van der Waals surface area contributed by atoms with E-state index < -0.39 is 29.4 Å². The number of benzene rings is 4. The van der Waals surface area contributed by atoms with E-state index in [-0.39, 0.29) is 44.2 Å². The van der Waals surface area contributed by atoms with Crippen LogP contribution in [0.15, 0.2) is 97.1 Å². The van der Waals surface area contributed by atoms with Gasteiger partial charge in [0.1, 0.15) is 6.15 Å². The van der Waals surface area contributed by atoms with Crippen LogP contribution in [0.1, 0.15) is 0 Å². The molecule has 30 heavy (non-hydrogen) atoms. The Balaban J connectivity index is 0.00000256. The van der Waals surface area contributed by atoms with Crippen molar-refractivity contribution in [3.8, 4) is 0 Å². The summed E-state index contributed by atoms with van der Waals surface area (Å²) in [5, 5.41) is 0. The summed E-state index contributed by atoms with van der Waals surface area (Å²) in [6.45, 7) is 0. The zero-order chi connectivity index (χ0) is 20.4. The normalized spacial score (nSPS) is 11.1. The van der Waals surface area contributed by atoms with Gasteiger partial charge in [-0.15, -0.1) is 0 Å². The average Bonchev–Trinajstić information content (AvgIpc) is 2.73. The molecule has 154 valence electrons. The van der Waals surface area contributed by atoms with Crippen molar-refractivity contribution in [2.45, 2.75) is 0 Å². The monoisotopic (exact) mass is 498 g/mol. The first kappa shape index (κ1) is 22.1. The fourth-order valence-corrected chi connectivity index (χ4v) is 4.31. The van der Waals surface area contributed by atoms with Crippen LogP contribution in [0.2, 0.25) is 0 Å². The number of halogens is 4. The molecule has 0 fully saturated rings. The molecule has 0 saturated carbocycles. The molecular formula is C24H16AgBF4. The Labute approximate surface area is 188 Å². The summed E-state index contributed by atoms with van der Waals surface area (Å²) in [4.78, 5) is 0. The predicted molar refractivity (Wildman–Crippen MR) is 110 cm³/mol. The fourth-order valence-electron chi connectivity index (χ4n) is 4.31. The van der Waals surface area contributed by atoms with Crippen molar-refractivity contribution in [2.24, 2.45) is 0 Å². The van der Waals surface area contributed by atoms with E-state index in [0.717, 1.165) is 0 Å². The number of hydrogen-bond donors (Lipinski definition) is 0. The molecule has 0 aliphatic rings. The fraction of sp³-hybridized carbons (Fsp3) is 0. The van der Waals surface area contributed by atoms with Gasteiger partial charge in [-0.05, 0) is 24.3 Å². The molecule has 0 aliphatic heterocycles. The second-order valence-corrected chi connectivity index (χ2v) is 6.95. The van der Waals surface area contributed by atoms with Gasteiger partial charge in [-0.3, -0.25) is 0 Å². The van der Waals surface area contributed by atoms with E-state index in [4.69, 9.17) is 0 Å². The van der Waals surface area contributed by atoms with Crippen molar-refractivity contribution >= 4 is 28.0 Å². The van der Waals surface area contributed by atoms with Gasteiger partial charge in [0.25, 0.3) is 0 Å². The number of hydrogen-bond acceptors (Lipinski definition) is 0. The Kier molecular flexibility index (Phi) is 6.66. The van der Waals surface area contributed by atoms with E-state index in [9.17, 15) is 0 Å². The SMILES string of the molecule is Fc1ccccc1[B-](c1ccccc1F)(c1ccccc1F)c1ccccc1F.[Ag+]. The maximum Gasteiger partial charge on any atom is 1.00 e. The first-order valence-electron chi connectivity index (χ1n) is 9.22. The number of rotatable bonds is 4. The van der Waals surface area contributed by atoms with Crippen molar-refractivity contribution in [2.75, 3.05) is 0 Å². The Morgan fingerprint density at radius 1 is 0.367 bits per heavy atom. The van der Waals surface area contributed by atoms with Crippen molar-refractivity contribution in [1.29, 1.82) is 0 Å². The van der Waals surface area contributed by atoms with Gasteiger partial charge in [0, 0.05) is 0 Å². The molecular weight excluding hydrogens is 483 g/mol. The smallest absolute Gasteiger partial charge is 0.210 e. The minimum Gasteiger partial charge on any atom is -0.210 e. The van der Waals surface area contributed by atoms with E-state index in [2.05, 4.69) is 0 Å². The summed E-state index contributed by atoms with van der Waals surface area (Å²) in [5.41, 5.74) is 0.0844. The first-order chi connectivity index (χ1) is 14.1. The zero-order valence-electron chi connectivity index (χ0n) is 15.6. The van der Waals surface area contributed by atoms with Crippen LogP contribution in [0, 0.1) is 23.3 Å². The Bertz CT molecular complexity index is 991. The van der Waals surface area contributed by atoms with Crippen LogP contribution in [-0.4, -0.2) is 6.15 Å². The molecule has 0 aliphatic carbocycles. The summed E-state index contributed by atoms with van der Waals surface area (Å²) in [7, 11) is 0. The van der Waals surface area contributed by atoms with E-state index in [1.165, 1.54) is 72.8 Å². The molecule has 0 amide bonds. The molecule has 4 aromatic carbocycles. The van der Waals surface area contributed by atoms with Gasteiger partial charge in [0.2, 0.25) is 0 Å². The molecule has 4 aromatic rings. The molecule has 0 bridgehead atoms. The van der Waals surface area contributed by atoms with Crippen molar-refractivity contribution < 1.29 is 39.9 Å². The molecule has 0 aromatic heterocycles. The van der Waals surface area contributed by atoms with E-state index >= 15 is 17.6 Å². The third-order valence-electron chi connectivity index (χ3n) is 5.49. The predicted octanol–water partition coefficient (Wildman–Crippen LogP) is 3.62. The summed E-state index contributed by atoms with van der Waals surface area (Å²) < 4.78 is 60.7. The van der Waals surface area contributed by atoms with Crippen LogP contribution < -0.4 is 21.9 Å².